The molecule has 1 aliphatic rings. The Balaban J connectivity index is 1.34. The molecule has 1 amide bonds. The minimum absolute atomic E-state index is 0.0165. The summed E-state index contributed by atoms with van der Waals surface area (Å²) < 4.78 is 30.8. The van der Waals surface area contributed by atoms with Gasteiger partial charge in [-0.05, 0) is 42.0 Å². The average molecular weight is 536 g/mol. The third-order valence-corrected chi connectivity index (χ3v) is 7.57. The summed E-state index contributed by atoms with van der Waals surface area (Å²) in [4.78, 5) is 26.8. The van der Waals surface area contributed by atoms with Gasteiger partial charge >= 0.3 is 0 Å². The number of hydrogen-bond donors (Lipinski definition) is 3. The summed E-state index contributed by atoms with van der Waals surface area (Å²) in [6, 6.07) is 16.4. The lowest BCUT2D eigenvalue weighted by Crippen LogP contribution is -2.40. The van der Waals surface area contributed by atoms with Crippen LogP contribution in [0.2, 0.25) is 0 Å². The Morgan fingerprint density at radius 1 is 1.08 bits per heavy atom. The predicted molar refractivity (Wildman–Crippen MR) is 147 cm³/mol. The molecule has 0 bridgehead atoms. The second-order valence-electron chi connectivity index (χ2n) is 8.96. The van der Waals surface area contributed by atoms with E-state index in [1.807, 2.05) is 30.3 Å². The lowest BCUT2D eigenvalue weighted by atomic mass is 10.1. The number of benzene rings is 2. The number of fused-ring (bicyclic) bond motifs is 1. The fourth-order valence-corrected chi connectivity index (χ4v) is 4.77. The Bertz CT molecular complexity index is 1550. The zero-order valence-corrected chi connectivity index (χ0v) is 22.0. The maximum Gasteiger partial charge on any atom is 0.254 e. The molecule has 4 aromatic rings. The van der Waals surface area contributed by atoms with Crippen LogP contribution >= 0.6 is 0 Å². The van der Waals surface area contributed by atoms with Gasteiger partial charge in [0.1, 0.15) is 11.5 Å². The van der Waals surface area contributed by atoms with Crippen molar-refractivity contribution in [2.24, 2.45) is 0 Å². The van der Waals surface area contributed by atoms with Gasteiger partial charge in [0.25, 0.3) is 5.91 Å². The van der Waals surface area contributed by atoms with E-state index in [0.717, 1.165) is 16.6 Å². The first-order valence-electron chi connectivity index (χ1n) is 12.1. The quantitative estimate of drug-likeness (QED) is 0.313. The van der Waals surface area contributed by atoms with Crippen molar-refractivity contribution < 1.29 is 17.9 Å². The number of nitrogens with one attached hydrogen (secondary N) is 3. The summed E-state index contributed by atoms with van der Waals surface area (Å²) in [5.74, 6) is 0.947. The molecule has 12 heteroatoms. The van der Waals surface area contributed by atoms with Crippen LogP contribution in [0.3, 0.4) is 0 Å². The van der Waals surface area contributed by atoms with E-state index >= 15 is 0 Å². The molecule has 0 saturated carbocycles. The Hall–Kier alpha value is -4.16. The topological polar surface area (TPSA) is 133 Å². The monoisotopic (exact) mass is 535 g/mol. The molecule has 1 saturated heterocycles. The number of morpholine rings is 1. The van der Waals surface area contributed by atoms with E-state index in [2.05, 4.69) is 25.6 Å². The largest absolute Gasteiger partial charge is 0.378 e. The maximum atomic E-state index is 12.7. The number of para-hydroxylation sites is 1. The second kappa shape index (κ2) is 10.7. The number of anilines is 4. The fourth-order valence-electron chi connectivity index (χ4n) is 4.23. The highest BCUT2D eigenvalue weighted by Gasteiger charge is 2.19. The van der Waals surface area contributed by atoms with Gasteiger partial charge in [0, 0.05) is 44.1 Å². The molecular formula is C26H29N7O4S. The second-order valence-corrected chi connectivity index (χ2v) is 11.0. The van der Waals surface area contributed by atoms with Crippen LogP contribution in [-0.2, 0) is 21.3 Å². The minimum Gasteiger partial charge on any atom is -0.378 e. The molecule has 0 radical (unpaired) electrons. The molecule has 1 fully saturated rings. The summed E-state index contributed by atoms with van der Waals surface area (Å²) in [5, 5.41) is 7.34. The van der Waals surface area contributed by atoms with Crippen molar-refractivity contribution in [1.29, 1.82) is 0 Å². The number of nitrogens with zero attached hydrogens (tertiary/aromatic N) is 4. The van der Waals surface area contributed by atoms with Crippen molar-refractivity contribution >= 4 is 50.1 Å². The molecule has 0 spiro atoms. The SMILES string of the molecule is CN(c1ccccc1CNc1nc(Nc2ccc(C(=O)N3CCOCC3)cc2)nc2[nH]ccc12)S(C)(=O)=O. The first kappa shape index (κ1) is 25.5. The number of aromatic amines is 1. The van der Waals surface area contributed by atoms with Crippen LogP contribution < -0.4 is 14.9 Å². The molecule has 5 rings (SSSR count). The number of carbonyl (C=O) groups is 1. The highest BCUT2D eigenvalue weighted by Crippen LogP contribution is 2.26. The van der Waals surface area contributed by atoms with Gasteiger partial charge < -0.3 is 25.3 Å². The number of sulfonamides is 1. The van der Waals surface area contributed by atoms with Crippen molar-refractivity contribution in [2.45, 2.75) is 6.54 Å². The molecule has 1 aliphatic heterocycles. The maximum absolute atomic E-state index is 12.7. The van der Waals surface area contributed by atoms with Crippen molar-refractivity contribution in [1.82, 2.24) is 19.9 Å². The van der Waals surface area contributed by atoms with Crippen molar-refractivity contribution in [3.05, 3.63) is 71.9 Å². The Labute approximate surface area is 220 Å². The van der Waals surface area contributed by atoms with Gasteiger partial charge in [-0.2, -0.15) is 9.97 Å². The van der Waals surface area contributed by atoms with Crippen molar-refractivity contribution in [3.8, 4) is 0 Å². The van der Waals surface area contributed by atoms with E-state index in [4.69, 9.17) is 4.74 Å². The smallest absolute Gasteiger partial charge is 0.254 e. The Morgan fingerprint density at radius 3 is 2.55 bits per heavy atom. The number of carbonyl (C=O) groups excluding carboxylic acids is 1. The summed E-state index contributed by atoms with van der Waals surface area (Å²) in [6.45, 7) is 2.65. The van der Waals surface area contributed by atoms with Crippen LogP contribution in [0.5, 0.6) is 0 Å². The van der Waals surface area contributed by atoms with E-state index in [1.165, 1.54) is 17.6 Å². The zero-order valence-electron chi connectivity index (χ0n) is 21.1. The molecule has 11 nitrogen and oxygen atoms in total. The van der Waals surface area contributed by atoms with Crippen LogP contribution in [0.1, 0.15) is 15.9 Å². The van der Waals surface area contributed by atoms with Crippen LogP contribution in [-0.4, -0.2) is 73.8 Å². The average Bonchev–Trinajstić information content (AvgIpc) is 3.40. The van der Waals surface area contributed by atoms with E-state index in [1.54, 1.807) is 35.4 Å². The lowest BCUT2D eigenvalue weighted by Gasteiger charge is -2.26. The van der Waals surface area contributed by atoms with Gasteiger partial charge in [-0.1, -0.05) is 18.2 Å². The van der Waals surface area contributed by atoms with Crippen LogP contribution in [0, 0.1) is 0 Å². The van der Waals surface area contributed by atoms with Crippen LogP contribution in [0.15, 0.2) is 60.8 Å². The zero-order chi connectivity index (χ0) is 26.7. The van der Waals surface area contributed by atoms with Gasteiger partial charge in [-0.25, -0.2) is 8.42 Å². The number of amides is 1. The first-order valence-corrected chi connectivity index (χ1v) is 14.0. The molecule has 198 valence electrons. The highest BCUT2D eigenvalue weighted by atomic mass is 32.2. The number of H-pyrrole nitrogens is 1. The molecule has 3 heterocycles. The van der Waals surface area contributed by atoms with E-state index in [-0.39, 0.29) is 5.91 Å². The third-order valence-electron chi connectivity index (χ3n) is 6.38. The number of aromatic nitrogens is 3. The molecule has 0 atom stereocenters. The molecule has 0 aliphatic carbocycles. The molecule has 2 aromatic carbocycles. The van der Waals surface area contributed by atoms with E-state index < -0.39 is 10.0 Å². The minimum atomic E-state index is -3.41. The van der Waals surface area contributed by atoms with Crippen molar-refractivity contribution in [3.63, 3.8) is 0 Å². The first-order chi connectivity index (χ1) is 18.3. The highest BCUT2D eigenvalue weighted by molar-refractivity contribution is 7.92. The molecular weight excluding hydrogens is 506 g/mol. The number of rotatable bonds is 8. The van der Waals surface area contributed by atoms with E-state index in [9.17, 15) is 13.2 Å². The van der Waals surface area contributed by atoms with Gasteiger partial charge in [-0.15, -0.1) is 0 Å². The molecule has 3 N–H and O–H groups in total. The Kier molecular flexibility index (Phi) is 7.16. The summed E-state index contributed by atoms with van der Waals surface area (Å²) >= 11 is 0. The van der Waals surface area contributed by atoms with Crippen molar-refractivity contribution in [2.75, 3.05) is 54.5 Å². The normalized spacial score (nSPS) is 13.9. The summed E-state index contributed by atoms with van der Waals surface area (Å²) in [7, 11) is -1.88. The fraction of sp³-hybridized carbons (Fsp3) is 0.269. The molecule has 0 unspecified atom stereocenters. The number of hydrogen-bond acceptors (Lipinski definition) is 8. The summed E-state index contributed by atoms with van der Waals surface area (Å²) in [6.07, 6.45) is 2.96. The predicted octanol–water partition coefficient (Wildman–Crippen LogP) is 3.18. The van der Waals surface area contributed by atoms with Crippen LogP contribution in [0.4, 0.5) is 23.1 Å². The van der Waals surface area contributed by atoms with Gasteiger partial charge in [0.15, 0.2) is 0 Å². The third kappa shape index (κ3) is 5.55. The Morgan fingerprint density at radius 2 is 1.82 bits per heavy atom. The van der Waals surface area contributed by atoms with Gasteiger partial charge in [-0.3, -0.25) is 9.10 Å². The van der Waals surface area contributed by atoms with Gasteiger partial charge in [0.05, 0.1) is 30.5 Å². The molecule has 2 aromatic heterocycles. The standard InChI is InChI=1S/C26H29N7O4S/c1-32(38(2,35)36)22-6-4-3-5-19(22)17-28-24-21-11-12-27-23(21)30-26(31-24)29-20-9-7-18(8-10-20)25(34)33-13-15-37-16-14-33/h3-12H,13-17H2,1-2H3,(H3,27,28,29,30,31). The van der Waals surface area contributed by atoms with Crippen LogP contribution in [0.25, 0.3) is 11.0 Å². The molecule has 38 heavy (non-hydrogen) atoms. The van der Waals surface area contributed by atoms with E-state index in [0.29, 0.717) is 61.5 Å². The summed E-state index contributed by atoms with van der Waals surface area (Å²) in [5.41, 5.74) is 3.38. The number of ether oxygens (including phenoxy) is 1. The van der Waals surface area contributed by atoms with Gasteiger partial charge in [0.2, 0.25) is 16.0 Å². The lowest BCUT2D eigenvalue weighted by molar-refractivity contribution is 0.0303.